The van der Waals surface area contributed by atoms with E-state index in [1.54, 1.807) is 12.3 Å². The van der Waals surface area contributed by atoms with Crippen molar-refractivity contribution in [2.24, 2.45) is 5.92 Å². The number of piperidine rings is 2. The summed E-state index contributed by atoms with van der Waals surface area (Å²) in [6, 6.07) is 4.88. The van der Waals surface area contributed by atoms with Crippen LogP contribution in [0, 0.1) is 5.92 Å². The summed E-state index contributed by atoms with van der Waals surface area (Å²) in [4.78, 5) is 38.4. The maximum atomic E-state index is 12.8. The summed E-state index contributed by atoms with van der Waals surface area (Å²) >= 11 is 0. The molecule has 27 heavy (non-hydrogen) atoms. The molecule has 1 aromatic carbocycles. The second-order valence-corrected chi connectivity index (χ2v) is 7.25. The first-order valence-corrected chi connectivity index (χ1v) is 9.28. The summed E-state index contributed by atoms with van der Waals surface area (Å²) < 4.78 is 1.18. The third-order valence-corrected chi connectivity index (χ3v) is 5.54. The van der Waals surface area contributed by atoms with E-state index in [-0.39, 0.29) is 30.9 Å². The lowest BCUT2D eigenvalue weighted by molar-refractivity contribution is -0.136. The fraction of sp³-hybridized carbons (Fsp3) is 0.474. The lowest BCUT2D eigenvalue weighted by Gasteiger charge is -2.33. The van der Waals surface area contributed by atoms with E-state index in [0.29, 0.717) is 11.3 Å². The third kappa shape index (κ3) is 3.32. The highest BCUT2D eigenvalue weighted by molar-refractivity contribution is 5.99. The number of benzene rings is 1. The molecule has 8 nitrogen and oxygen atoms in total. The molecule has 0 bridgehead atoms. The number of carbonyl (C=O) groups is 2. The maximum absolute atomic E-state index is 12.8. The van der Waals surface area contributed by atoms with E-state index in [9.17, 15) is 19.5 Å². The Hall–Kier alpha value is -2.74. The summed E-state index contributed by atoms with van der Waals surface area (Å²) in [6.45, 7) is 1.98. The number of amides is 2. The summed E-state index contributed by atoms with van der Waals surface area (Å²) in [5, 5.41) is 17.0. The van der Waals surface area contributed by atoms with Crippen molar-refractivity contribution in [3.05, 3.63) is 34.7 Å². The number of fused-ring (bicyclic) bond motifs is 1. The van der Waals surface area contributed by atoms with Crippen molar-refractivity contribution in [2.45, 2.75) is 31.7 Å². The van der Waals surface area contributed by atoms with Gasteiger partial charge in [0.2, 0.25) is 5.91 Å². The largest absolute Gasteiger partial charge is 0.396 e. The molecule has 0 radical (unpaired) electrons. The van der Waals surface area contributed by atoms with Gasteiger partial charge in [0.1, 0.15) is 6.04 Å². The van der Waals surface area contributed by atoms with Crippen LogP contribution in [0.3, 0.4) is 0 Å². The van der Waals surface area contributed by atoms with Crippen LogP contribution in [0.2, 0.25) is 0 Å². The van der Waals surface area contributed by atoms with Crippen LogP contribution in [-0.2, 0) is 9.59 Å². The minimum atomic E-state index is -0.753. The van der Waals surface area contributed by atoms with E-state index >= 15 is 0 Å². The molecule has 2 aliphatic heterocycles. The van der Waals surface area contributed by atoms with Crippen LogP contribution < -0.4 is 15.8 Å². The van der Waals surface area contributed by atoms with E-state index in [1.807, 2.05) is 12.1 Å². The lowest BCUT2D eigenvalue weighted by atomic mass is 9.97. The topological polar surface area (TPSA) is 105 Å². The monoisotopic (exact) mass is 370 g/mol. The molecule has 2 N–H and O–H groups in total. The highest BCUT2D eigenvalue weighted by atomic mass is 16.3. The molecule has 2 saturated heterocycles. The van der Waals surface area contributed by atoms with Gasteiger partial charge in [-0.1, -0.05) is 0 Å². The average molecular weight is 370 g/mol. The highest BCUT2D eigenvalue weighted by Crippen LogP contribution is 2.26. The van der Waals surface area contributed by atoms with Gasteiger partial charge in [-0.15, -0.1) is 0 Å². The number of hydrogen-bond donors (Lipinski definition) is 2. The number of nitrogens with one attached hydrogen (secondary N) is 1. The van der Waals surface area contributed by atoms with Crippen molar-refractivity contribution >= 4 is 28.3 Å². The standard InChI is InChI=1S/C19H22N4O4/c24-11-12-5-7-22(8-6-12)14-1-2-15-13(9-14)10-20-23(19(15)27)16-3-4-17(25)21-18(16)26/h1-2,9-10,12,16,24H,3-8,11H2,(H,21,25,26). The second-order valence-electron chi connectivity index (χ2n) is 7.25. The first kappa shape index (κ1) is 17.7. The van der Waals surface area contributed by atoms with Crippen molar-refractivity contribution in [1.29, 1.82) is 0 Å². The van der Waals surface area contributed by atoms with Gasteiger partial charge in [0.05, 0.1) is 11.6 Å². The number of nitrogens with zero attached hydrogens (tertiary/aromatic N) is 3. The van der Waals surface area contributed by atoms with Gasteiger partial charge in [-0.25, -0.2) is 4.68 Å². The summed E-state index contributed by atoms with van der Waals surface area (Å²) in [5.74, 6) is -0.438. The Morgan fingerprint density at radius 1 is 1.15 bits per heavy atom. The van der Waals surface area contributed by atoms with Gasteiger partial charge in [0, 0.05) is 37.2 Å². The normalized spacial score (nSPS) is 21.5. The smallest absolute Gasteiger partial charge is 0.275 e. The molecule has 1 atom stereocenters. The molecular formula is C19H22N4O4. The van der Waals surface area contributed by atoms with E-state index < -0.39 is 11.9 Å². The van der Waals surface area contributed by atoms with Gasteiger partial charge in [-0.05, 0) is 43.4 Å². The number of aromatic nitrogens is 2. The van der Waals surface area contributed by atoms with Crippen molar-refractivity contribution in [3.63, 3.8) is 0 Å². The fourth-order valence-corrected chi connectivity index (χ4v) is 3.86. The van der Waals surface area contributed by atoms with Gasteiger partial charge in [0.15, 0.2) is 0 Å². The Morgan fingerprint density at radius 2 is 1.93 bits per heavy atom. The first-order chi connectivity index (χ1) is 13.1. The number of aliphatic hydroxyl groups is 1. The van der Waals surface area contributed by atoms with Gasteiger partial charge in [0.25, 0.3) is 11.5 Å². The van der Waals surface area contributed by atoms with Gasteiger partial charge in [-0.2, -0.15) is 5.10 Å². The van der Waals surface area contributed by atoms with Crippen LogP contribution in [0.15, 0.2) is 29.2 Å². The molecule has 1 aromatic heterocycles. The molecular weight excluding hydrogens is 348 g/mol. The molecule has 4 rings (SSSR count). The molecule has 8 heteroatoms. The van der Waals surface area contributed by atoms with Crippen molar-refractivity contribution in [3.8, 4) is 0 Å². The molecule has 2 fully saturated rings. The minimum Gasteiger partial charge on any atom is -0.396 e. The Morgan fingerprint density at radius 3 is 2.63 bits per heavy atom. The molecule has 1 unspecified atom stereocenters. The van der Waals surface area contributed by atoms with E-state index in [4.69, 9.17) is 0 Å². The van der Waals surface area contributed by atoms with Gasteiger partial charge >= 0.3 is 0 Å². The van der Waals surface area contributed by atoms with Crippen molar-refractivity contribution in [1.82, 2.24) is 15.1 Å². The van der Waals surface area contributed by atoms with Crippen molar-refractivity contribution < 1.29 is 14.7 Å². The molecule has 2 aromatic rings. The van der Waals surface area contributed by atoms with E-state index in [2.05, 4.69) is 15.3 Å². The van der Waals surface area contributed by atoms with Crippen LogP contribution in [0.4, 0.5) is 5.69 Å². The third-order valence-electron chi connectivity index (χ3n) is 5.54. The average Bonchev–Trinajstić information content (AvgIpc) is 2.69. The Bertz CT molecular complexity index is 946. The zero-order valence-corrected chi connectivity index (χ0v) is 14.9. The van der Waals surface area contributed by atoms with Crippen LogP contribution >= 0.6 is 0 Å². The maximum Gasteiger partial charge on any atom is 0.275 e. The number of hydrogen-bond acceptors (Lipinski definition) is 6. The molecule has 2 amide bonds. The molecule has 0 spiro atoms. The van der Waals surface area contributed by atoms with E-state index in [1.165, 1.54) is 4.68 Å². The Labute approximate surface area is 155 Å². The Kier molecular flexibility index (Phi) is 4.65. The number of aliphatic hydroxyl groups excluding tert-OH is 1. The second kappa shape index (κ2) is 7.11. The SMILES string of the molecule is O=C1CCC(n2ncc3cc(N4CCC(CO)CC4)ccc3c2=O)C(=O)N1. The minimum absolute atomic E-state index is 0.200. The zero-order valence-electron chi connectivity index (χ0n) is 14.9. The summed E-state index contributed by atoms with van der Waals surface area (Å²) in [7, 11) is 0. The van der Waals surface area contributed by atoms with Crippen LogP contribution in [0.1, 0.15) is 31.7 Å². The number of rotatable bonds is 3. The molecule has 0 saturated carbocycles. The predicted molar refractivity (Wildman–Crippen MR) is 99.4 cm³/mol. The zero-order chi connectivity index (χ0) is 19.0. The lowest BCUT2D eigenvalue weighted by Crippen LogP contribution is -2.45. The van der Waals surface area contributed by atoms with Gasteiger partial charge < -0.3 is 10.0 Å². The first-order valence-electron chi connectivity index (χ1n) is 9.28. The number of anilines is 1. The van der Waals surface area contributed by atoms with Gasteiger partial charge in [-0.3, -0.25) is 19.7 Å². The quantitative estimate of drug-likeness (QED) is 0.766. The van der Waals surface area contributed by atoms with Crippen LogP contribution in [0.5, 0.6) is 0 Å². The molecule has 2 aliphatic rings. The highest BCUT2D eigenvalue weighted by Gasteiger charge is 2.30. The predicted octanol–water partition coefficient (Wildman–Crippen LogP) is 0.583. The number of imide groups is 1. The number of carbonyl (C=O) groups excluding carboxylic acids is 2. The molecule has 142 valence electrons. The summed E-state index contributed by atoms with van der Waals surface area (Å²) in [5.41, 5.74) is 0.700. The van der Waals surface area contributed by atoms with Crippen molar-refractivity contribution in [2.75, 3.05) is 24.6 Å². The fourth-order valence-electron chi connectivity index (χ4n) is 3.86. The molecule has 3 heterocycles. The summed E-state index contributed by atoms with van der Waals surface area (Å²) in [6.07, 6.45) is 3.98. The van der Waals surface area contributed by atoms with Crippen LogP contribution in [-0.4, -0.2) is 46.4 Å². The van der Waals surface area contributed by atoms with E-state index in [0.717, 1.165) is 37.0 Å². The van der Waals surface area contributed by atoms with Crippen LogP contribution in [0.25, 0.3) is 10.8 Å². The Balaban J connectivity index is 1.62. The molecule has 0 aliphatic carbocycles.